The maximum atomic E-state index is 2.40. The van der Waals surface area contributed by atoms with Crippen molar-refractivity contribution in [3.05, 3.63) is 197 Å². The maximum Gasteiger partial charge on any atom is 0.0522 e. The number of allylic oxidation sites excluding steroid dienone is 6. The second kappa shape index (κ2) is 17.4. The third-order valence-corrected chi connectivity index (χ3v) is 8.19. The van der Waals surface area contributed by atoms with Gasteiger partial charge in [-0.2, -0.15) is 0 Å². The van der Waals surface area contributed by atoms with E-state index in [1.54, 1.807) is 0 Å². The van der Waals surface area contributed by atoms with Gasteiger partial charge in [0.25, 0.3) is 0 Å². The van der Waals surface area contributed by atoms with Crippen molar-refractivity contribution in [2.75, 3.05) is 4.90 Å². The van der Waals surface area contributed by atoms with Crippen LogP contribution in [-0.2, 0) is 19.3 Å². The summed E-state index contributed by atoms with van der Waals surface area (Å²) in [5.74, 6) is 0. The van der Waals surface area contributed by atoms with Crippen molar-refractivity contribution < 1.29 is 0 Å². The van der Waals surface area contributed by atoms with Gasteiger partial charge in [-0.1, -0.05) is 159 Å². The summed E-state index contributed by atoms with van der Waals surface area (Å²) in [6, 6.07) is 45.7. The van der Waals surface area contributed by atoms with Crippen LogP contribution in [-0.4, -0.2) is 0 Å². The SMILES string of the molecule is CCc1cccc(C)c1N(c1ccc(/C=C/C=C/CCc2ccccc2)cc1)c1ccc(/C=C/C=C/CCc2ccccc2)cc1. The summed E-state index contributed by atoms with van der Waals surface area (Å²) in [5, 5.41) is 0. The van der Waals surface area contributed by atoms with Crippen molar-refractivity contribution >= 4 is 29.2 Å². The number of hydrogen-bond acceptors (Lipinski definition) is 1. The van der Waals surface area contributed by atoms with Crippen molar-refractivity contribution in [2.24, 2.45) is 0 Å². The number of aryl methyl sites for hydroxylation is 4. The van der Waals surface area contributed by atoms with Crippen LogP contribution in [0.3, 0.4) is 0 Å². The Hall–Kier alpha value is -5.14. The van der Waals surface area contributed by atoms with Gasteiger partial charge in [-0.3, -0.25) is 0 Å². The van der Waals surface area contributed by atoms with Crippen LogP contribution < -0.4 is 4.90 Å². The van der Waals surface area contributed by atoms with E-state index in [0.717, 1.165) is 43.5 Å². The normalized spacial score (nSPS) is 11.8. The molecule has 230 valence electrons. The van der Waals surface area contributed by atoms with Gasteiger partial charge in [0.1, 0.15) is 0 Å². The largest absolute Gasteiger partial charge is 0.310 e. The second-order valence-corrected chi connectivity index (χ2v) is 11.6. The number of hydrogen-bond donors (Lipinski definition) is 0. The fraction of sp³-hybridized carbons (Fsp3) is 0.156. The molecule has 0 fully saturated rings. The first-order valence-corrected chi connectivity index (χ1v) is 16.5. The lowest BCUT2D eigenvalue weighted by molar-refractivity contribution is 1.00. The molecule has 0 N–H and O–H groups in total. The zero-order chi connectivity index (χ0) is 31.8. The summed E-state index contributed by atoms with van der Waals surface area (Å²) >= 11 is 0. The van der Waals surface area contributed by atoms with Gasteiger partial charge >= 0.3 is 0 Å². The van der Waals surface area contributed by atoms with Gasteiger partial charge in [-0.15, -0.1) is 0 Å². The minimum atomic E-state index is 0.975. The first-order chi connectivity index (χ1) is 22.7. The van der Waals surface area contributed by atoms with Crippen molar-refractivity contribution in [2.45, 2.75) is 46.0 Å². The third kappa shape index (κ3) is 9.43. The average molecular weight is 600 g/mol. The Bertz CT molecular complexity index is 1630. The molecule has 0 aliphatic rings. The molecule has 0 aromatic heterocycles. The molecule has 0 bridgehead atoms. The lowest BCUT2D eigenvalue weighted by Crippen LogP contribution is -2.13. The van der Waals surface area contributed by atoms with Crippen LogP contribution in [0.5, 0.6) is 0 Å². The average Bonchev–Trinajstić information content (AvgIpc) is 3.10. The Morgan fingerprint density at radius 3 is 1.43 bits per heavy atom. The fourth-order valence-corrected chi connectivity index (χ4v) is 5.67. The standard InChI is InChI=1S/C45H45N/c1-3-42-28-18-19-37(2)45(42)46(43-33-29-40(30-34-43)26-12-6-4-10-20-38-22-14-8-15-23-38)44-35-31-41(32-36-44)27-13-7-5-11-21-39-24-16-9-17-25-39/h4-9,12-19,22-36H,3,10-11,20-21H2,1-2H3/b6-4+,7-5+,26-12+,27-13+. The van der Waals surface area contributed by atoms with Gasteiger partial charge < -0.3 is 4.90 Å². The van der Waals surface area contributed by atoms with E-state index in [9.17, 15) is 0 Å². The number of rotatable bonds is 14. The van der Waals surface area contributed by atoms with E-state index in [2.05, 4.69) is 195 Å². The molecule has 0 aliphatic carbocycles. The molecule has 1 nitrogen and oxygen atoms in total. The van der Waals surface area contributed by atoms with Crippen LogP contribution in [0.4, 0.5) is 17.1 Å². The van der Waals surface area contributed by atoms with Crippen molar-refractivity contribution in [1.82, 2.24) is 0 Å². The van der Waals surface area contributed by atoms with Gasteiger partial charge in [0, 0.05) is 11.4 Å². The number of para-hydroxylation sites is 1. The maximum absolute atomic E-state index is 2.40. The molecule has 0 radical (unpaired) electrons. The van der Waals surface area contributed by atoms with E-state index in [1.807, 2.05) is 0 Å². The molecule has 0 saturated carbocycles. The lowest BCUT2D eigenvalue weighted by Gasteiger charge is -2.29. The Labute approximate surface area is 276 Å². The Morgan fingerprint density at radius 1 is 0.500 bits per heavy atom. The van der Waals surface area contributed by atoms with E-state index in [1.165, 1.54) is 39.1 Å². The molecule has 5 rings (SSSR count). The van der Waals surface area contributed by atoms with Gasteiger partial charge in [-0.05, 0) is 96.7 Å². The second-order valence-electron chi connectivity index (χ2n) is 11.6. The first-order valence-electron chi connectivity index (χ1n) is 16.5. The van der Waals surface area contributed by atoms with Crippen LogP contribution in [0, 0.1) is 6.92 Å². The molecule has 5 aromatic carbocycles. The summed E-state index contributed by atoms with van der Waals surface area (Å²) in [6.07, 6.45) is 22.6. The summed E-state index contributed by atoms with van der Waals surface area (Å²) in [6.45, 7) is 4.45. The highest BCUT2D eigenvalue weighted by molar-refractivity contribution is 5.81. The van der Waals surface area contributed by atoms with Crippen LogP contribution in [0.2, 0.25) is 0 Å². The van der Waals surface area contributed by atoms with Crippen LogP contribution in [0.25, 0.3) is 12.2 Å². The number of nitrogens with zero attached hydrogens (tertiary/aromatic N) is 1. The van der Waals surface area contributed by atoms with Gasteiger partial charge in [0.15, 0.2) is 0 Å². The predicted molar refractivity (Wildman–Crippen MR) is 201 cm³/mol. The van der Waals surface area contributed by atoms with Crippen LogP contribution >= 0.6 is 0 Å². The Kier molecular flexibility index (Phi) is 12.2. The highest BCUT2D eigenvalue weighted by atomic mass is 15.1. The van der Waals surface area contributed by atoms with Gasteiger partial charge in [-0.25, -0.2) is 0 Å². The summed E-state index contributed by atoms with van der Waals surface area (Å²) in [4.78, 5) is 2.40. The molecule has 0 saturated heterocycles. The number of anilines is 3. The molecule has 0 unspecified atom stereocenters. The zero-order valence-corrected chi connectivity index (χ0v) is 27.2. The molecule has 0 amide bonds. The summed E-state index contributed by atoms with van der Waals surface area (Å²) in [5.41, 5.74) is 11.3. The predicted octanol–water partition coefficient (Wildman–Crippen LogP) is 12.4. The van der Waals surface area contributed by atoms with Crippen LogP contribution in [0.1, 0.15) is 53.1 Å². The summed E-state index contributed by atoms with van der Waals surface area (Å²) < 4.78 is 0. The third-order valence-electron chi connectivity index (χ3n) is 8.19. The topological polar surface area (TPSA) is 3.24 Å². The highest BCUT2D eigenvalue weighted by Crippen LogP contribution is 2.39. The van der Waals surface area contributed by atoms with Crippen molar-refractivity contribution in [1.29, 1.82) is 0 Å². The van der Waals surface area contributed by atoms with Gasteiger partial charge in [0.2, 0.25) is 0 Å². The molecule has 5 aromatic rings. The summed E-state index contributed by atoms with van der Waals surface area (Å²) in [7, 11) is 0. The minimum absolute atomic E-state index is 0.975. The molecule has 1 heteroatoms. The molecular formula is C45H45N. The quantitative estimate of drug-likeness (QED) is 0.115. The van der Waals surface area contributed by atoms with E-state index in [4.69, 9.17) is 0 Å². The smallest absolute Gasteiger partial charge is 0.0522 e. The number of benzene rings is 5. The molecule has 0 heterocycles. The minimum Gasteiger partial charge on any atom is -0.310 e. The first kappa shape index (κ1) is 32.3. The van der Waals surface area contributed by atoms with E-state index >= 15 is 0 Å². The van der Waals surface area contributed by atoms with E-state index in [-0.39, 0.29) is 0 Å². The van der Waals surface area contributed by atoms with Crippen molar-refractivity contribution in [3.63, 3.8) is 0 Å². The fourth-order valence-electron chi connectivity index (χ4n) is 5.67. The molecule has 0 atom stereocenters. The molecule has 0 spiro atoms. The lowest BCUT2D eigenvalue weighted by atomic mass is 10.0. The monoisotopic (exact) mass is 599 g/mol. The van der Waals surface area contributed by atoms with E-state index in [0.29, 0.717) is 0 Å². The molecule has 46 heavy (non-hydrogen) atoms. The Balaban J connectivity index is 1.28. The molecule has 0 aliphatic heterocycles. The van der Waals surface area contributed by atoms with Crippen molar-refractivity contribution in [3.8, 4) is 0 Å². The van der Waals surface area contributed by atoms with Crippen LogP contribution in [0.15, 0.2) is 164 Å². The zero-order valence-electron chi connectivity index (χ0n) is 27.2. The van der Waals surface area contributed by atoms with E-state index < -0.39 is 0 Å². The Morgan fingerprint density at radius 2 is 0.978 bits per heavy atom. The highest BCUT2D eigenvalue weighted by Gasteiger charge is 2.17. The van der Waals surface area contributed by atoms with Gasteiger partial charge in [0.05, 0.1) is 5.69 Å². The molecular weight excluding hydrogens is 555 g/mol.